The molecule has 1 aromatic carbocycles. The van der Waals surface area contributed by atoms with Crippen molar-refractivity contribution in [3.8, 4) is 5.75 Å². The summed E-state index contributed by atoms with van der Waals surface area (Å²) in [6, 6.07) is 7.14. The van der Waals surface area contributed by atoms with Gasteiger partial charge in [-0.25, -0.2) is 4.79 Å². The van der Waals surface area contributed by atoms with Crippen molar-refractivity contribution in [2.24, 2.45) is 5.41 Å². The van der Waals surface area contributed by atoms with Gasteiger partial charge in [-0.3, -0.25) is 0 Å². The number of ether oxygens (including phenoxy) is 3. The molecule has 1 aliphatic heterocycles. The number of thiol groups is 1. The number of rotatable bonds is 5. The van der Waals surface area contributed by atoms with E-state index in [4.69, 9.17) is 14.2 Å². The molecule has 0 spiro atoms. The van der Waals surface area contributed by atoms with E-state index in [9.17, 15) is 4.79 Å². The Labute approximate surface area is 124 Å². The van der Waals surface area contributed by atoms with E-state index in [2.05, 4.69) is 12.6 Å². The lowest BCUT2D eigenvalue weighted by molar-refractivity contribution is 0.00275. The van der Waals surface area contributed by atoms with Gasteiger partial charge in [-0.05, 0) is 30.7 Å². The number of methoxy groups -OCH3 is 1. The summed E-state index contributed by atoms with van der Waals surface area (Å²) >= 11 is 4.45. The SMILES string of the molecule is COC(=O)c1ccccc1OCC1(CS)CCOCC1. The normalized spacial score (nSPS) is 17.5. The predicted octanol–water partition coefficient (Wildman–Crippen LogP) is 2.58. The average Bonchev–Trinajstić information content (AvgIpc) is 2.53. The minimum Gasteiger partial charge on any atom is -0.492 e. The van der Waals surface area contributed by atoms with Crippen LogP contribution in [-0.2, 0) is 9.47 Å². The average molecular weight is 296 g/mol. The number of hydrogen-bond donors (Lipinski definition) is 1. The van der Waals surface area contributed by atoms with Crippen LogP contribution in [0.2, 0.25) is 0 Å². The number of benzene rings is 1. The third-order valence-corrected chi connectivity index (χ3v) is 4.39. The van der Waals surface area contributed by atoms with Gasteiger partial charge in [-0.15, -0.1) is 0 Å². The molecule has 1 heterocycles. The second kappa shape index (κ2) is 6.99. The molecule has 0 aromatic heterocycles. The highest BCUT2D eigenvalue weighted by atomic mass is 32.1. The largest absolute Gasteiger partial charge is 0.492 e. The number of hydrogen-bond acceptors (Lipinski definition) is 5. The molecule has 0 bridgehead atoms. The predicted molar refractivity (Wildman–Crippen MR) is 79.6 cm³/mol. The maximum absolute atomic E-state index is 11.7. The molecule has 2 rings (SSSR count). The van der Waals surface area contributed by atoms with Crippen LogP contribution in [0.15, 0.2) is 24.3 Å². The first-order chi connectivity index (χ1) is 9.71. The Morgan fingerprint density at radius 3 is 2.70 bits per heavy atom. The van der Waals surface area contributed by atoms with Crippen LogP contribution in [0.1, 0.15) is 23.2 Å². The van der Waals surface area contributed by atoms with Gasteiger partial charge < -0.3 is 14.2 Å². The summed E-state index contributed by atoms with van der Waals surface area (Å²) in [4.78, 5) is 11.7. The van der Waals surface area contributed by atoms with Crippen LogP contribution in [0, 0.1) is 5.41 Å². The summed E-state index contributed by atoms with van der Waals surface area (Å²) in [7, 11) is 1.37. The molecular formula is C15H20O4S. The lowest BCUT2D eigenvalue weighted by atomic mass is 9.83. The quantitative estimate of drug-likeness (QED) is 0.670. The molecule has 1 fully saturated rings. The zero-order valence-electron chi connectivity index (χ0n) is 11.6. The van der Waals surface area contributed by atoms with E-state index in [-0.39, 0.29) is 11.4 Å². The highest BCUT2D eigenvalue weighted by Gasteiger charge is 2.32. The van der Waals surface area contributed by atoms with Crippen LogP contribution in [0.4, 0.5) is 0 Å². The molecule has 1 aliphatic rings. The van der Waals surface area contributed by atoms with Crippen LogP contribution in [-0.4, -0.2) is 38.7 Å². The van der Waals surface area contributed by atoms with Crippen LogP contribution in [0.5, 0.6) is 5.75 Å². The van der Waals surface area contributed by atoms with Crippen LogP contribution >= 0.6 is 12.6 Å². The minimum atomic E-state index is -0.382. The van der Waals surface area contributed by atoms with Gasteiger partial charge in [0, 0.05) is 18.6 Å². The third-order valence-electron chi connectivity index (χ3n) is 3.72. The molecule has 1 aromatic rings. The Hall–Kier alpha value is -1.20. The molecule has 0 aliphatic carbocycles. The van der Waals surface area contributed by atoms with Crippen LogP contribution in [0.25, 0.3) is 0 Å². The zero-order valence-corrected chi connectivity index (χ0v) is 12.5. The van der Waals surface area contributed by atoms with Crippen molar-refractivity contribution in [3.63, 3.8) is 0 Å². The molecule has 20 heavy (non-hydrogen) atoms. The van der Waals surface area contributed by atoms with Gasteiger partial charge in [0.2, 0.25) is 0 Å². The van der Waals surface area contributed by atoms with Gasteiger partial charge in [-0.2, -0.15) is 12.6 Å². The number of para-hydroxylation sites is 1. The molecular weight excluding hydrogens is 276 g/mol. The monoisotopic (exact) mass is 296 g/mol. The number of carbonyl (C=O) groups excluding carboxylic acids is 1. The van der Waals surface area contributed by atoms with Gasteiger partial charge in [0.15, 0.2) is 0 Å². The molecule has 0 amide bonds. The molecule has 110 valence electrons. The molecule has 5 heteroatoms. The Bertz CT molecular complexity index is 455. The van der Waals surface area contributed by atoms with Crippen molar-refractivity contribution in [3.05, 3.63) is 29.8 Å². The summed E-state index contributed by atoms with van der Waals surface area (Å²) in [5, 5.41) is 0. The molecule has 0 saturated carbocycles. The summed E-state index contributed by atoms with van der Waals surface area (Å²) in [6.45, 7) is 2.01. The van der Waals surface area contributed by atoms with Crippen molar-refractivity contribution in [1.82, 2.24) is 0 Å². The third kappa shape index (κ3) is 3.46. The Balaban J connectivity index is 2.08. The summed E-state index contributed by atoms with van der Waals surface area (Å²) < 4.78 is 16.0. The van der Waals surface area contributed by atoms with Gasteiger partial charge in [0.1, 0.15) is 11.3 Å². The first-order valence-electron chi connectivity index (χ1n) is 6.69. The smallest absolute Gasteiger partial charge is 0.341 e. The van der Waals surface area contributed by atoms with Crippen molar-refractivity contribution >= 4 is 18.6 Å². The fourth-order valence-corrected chi connectivity index (χ4v) is 2.66. The highest BCUT2D eigenvalue weighted by Crippen LogP contribution is 2.33. The first-order valence-corrected chi connectivity index (χ1v) is 7.33. The first kappa shape index (κ1) is 15.2. The molecule has 0 unspecified atom stereocenters. The van der Waals surface area contributed by atoms with Gasteiger partial charge in [0.25, 0.3) is 0 Å². The fourth-order valence-electron chi connectivity index (χ4n) is 2.25. The summed E-state index contributed by atoms with van der Waals surface area (Å²) in [5.74, 6) is 0.927. The van der Waals surface area contributed by atoms with Crippen LogP contribution < -0.4 is 4.74 Å². The van der Waals surface area contributed by atoms with Gasteiger partial charge >= 0.3 is 5.97 Å². The molecule has 0 atom stereocenters. The van der Waals surface area contributed by atoms with E-state index in [1.807, 2.05) is 6.07 Å². The molecule has 1 saturated heterocycles. The maximum Gasteiger partial charge on any atom is 0.341 e. The maximum atomic E-state index is 11.7. The van der Waals surface area contributed by atoms with Crippen molar-refractivity contribution in [1.29, 1.82) is 0 Å². The summed E-state index contributed by atoms with van der Waals surface area (Å²) in [6.07, 6.45) is 1.85. The van der Waals surface area contributed by atoms with E-state index in [0.717, 1.165) is 31.8 Å². The van der Waals surface area contributed by atoms with E-state index in [1.165, 1.54) is 7.11 Å². The Morgan fingerprint density at radius 2 is 2.05 bits per heavy atom. The van der Waals surface area contributed by atoms with E-state index < -0.39 is 0 Å². The van der Waals surface area contributed by atoms with Gasteiger partial charge in [0.05, 0.1) is 13.7 Å². The number of esters is 1. The fraction of sp³-hybridized carbons (Fsp3) is 0.533. The van der Waals surface area contributed by atoms with Crippen molar-refractivity contribution in [2.75, 3.05) is 32.7 Å². The van der Waals surface area contributed by atoms with E-state index in [1.54, 1.807) is 18.2 Å². The van der Waals surface area contributed by atoms with Crippen LogP contribution in [0.3, 0.4) is 0 Å². The number of carbonyl (C=O) groups is 1. The zero-order chi connectivity index (χ0) is 14.4. The Morgan fingerprint density at radius 1 is 1.35 bits per heavy atom. The second-order valence-corrected chi connectivity index (χ2v) is 5.36. The lowest BCUT2D eigenvalue weighted by Gasteiger charge is -2.35. The van der Waals surface area contributed by atoms with E-state index in [0.29, 0.717) is 17.9 Å². The second-order valence-electron chi connectivity index (χ2n) is 5.05. The van der Waals surface area contributed by atoms with E-state index >= 15 is 0 Å². The lowest BCUT2D eigenvalue weighted by Crippen LogP contribution is -2.37. The Kier molecular flexibility index (Phi) is 5.31. The highest BCUT2D eigenvalue weighted by molar-refractivity contribution is 7.80. The standard InChI is InChI=1S/C15H20O4S/c1-17-14(16)12-4-2-3-5-13(12)19-10-15(11-20)6-8-18-9-7-15/h2-5,20H,6-11H2,1H3. The van der Waals surface area contributed by atoms with Gasteiger partial charge in [-0.1, -0.05) is 12.1 Å². The molecule has 0 N–H and O–H groups in total. The molecule has 0 radical (unpaired) electrons. The topological polar surface area (TPSA) is 44.8 Å². The van der Waals surface area contributed by atoms with Crippen molar-refractivity contribution < 1.29 is 19.0 Å². The molecule has 4 nitrogen and oxygen atoms in total. The van der Waals surface area contributed by atoms with Crippen molar-refractivity contribution in [2.45, 2.75) is 12.8 Å². The minimum absolute atomic E-state index is 0.0184. The summed E-state index contributed by atoms with van der Waals surface area (Å²) in [5.41, 5.74) is 0.473.